The van der Waals surface area contributed by atoms with Gasteiger partial charge < -0.3 is 10.2 Å². The second-order valence-electron chi connectivity index (χ2n) is 6.70. The van der Waals surface area contributed by atoms with E-state index in [2.05, 4.69) is 5.32 Å². The molecule has 0 aromatic heterocycles. The monoisotopic (exact) mass is 367 g/mol. The Hall–Kier alpha value is -3.22. The summed E-state index contributed by atoms with van der Waals surface area (Å²) in [5.74, 6) is -1.41. The van der Waals surface area contributed by atoms with Gasteiger partial charge in [0.1, 0.15) is 5.92 Å². The van der Waals surface area contributed by atoms with Gasteiger partial charge in [0.05, 0.1) is 4.92 Å². The number of hydrogen-bond acceptors (Lipinski definition) is 4. The van der Waals surface area contributed by atoms with Crippen molar-refractivity contribution >= 4 is 23.2 Å². The number of carbonyl (C=O) groups excluding carboxylic acids is 2. The van der Waals surface area contributed by atoms with Crippen molar-refractivity contribution in [2.24, 2.45) is 5.92 Å². The van der Waals surface area contributed by atoms with E-state index in [1.165, 1.54) is 6.07 Å². The summed E-state index contributed by atoms with van der Waals surface area (Å²) in [6.45, 7) is 4.48. The van der Waals surface area contributed by atoms with Gasteiger partial charge in [0.25, 0.3) is 5.69 Å². The smallest absolute Gasteiger partial charge is 0.274 e. The van der Waals surface area contributed by atoms with Crippen LogP contribution in [0.15, 0.2) is 42.5 Å². The van der Waals surface area contributed by atoms with E-state index >= 15 is 0 Å². The molecule has 2 aromatic carbocycles. The van der Waals surface area contributed by atoms with Crippen molar-refractivity contribution in [1.82, 2.24) is 5.32 Å². The van der Waals surface area contributed by atoms with Gasteiger partial charge >= 0.3 is 0 Å². The van der Waals surface area contributed by atoms with Crippen molar-refractivity contribution < 1.29 is 14.5 Å². The van der Waals surface area contributed by atoms with E-state index in [1.807, 2.05) is 32.0 Å². The number of hydrogen-bond donors (Lipinski definition) is 1. The zero-order chi connectivity index (χ0) is 19.6. The molecule has 140 valence electrons. The highest BCUT2D eigenvalue weighted by atomic mass is 16.6. The van der Waals surface area contributed by atoms with E-state index in [4.69, 9.17) is 0 Å². The standard InChI is InChI=1S/C20H21N3O4/c1-13-7-8-16(11-14(13)2)22-10-9-17(20(22)25)19(24)21-12-15-5-3-4-6-18(15)23(26)27/h3-8,11,17H,9-10,12H2,1-2H3,(H,21,24). The van der Waals surface area contributed by atoms with Gasteiger partial charge in [0.15, 0.2) is 0 Å². The number of amides is 2. The van der Waals surface area contributed by atoms with Crippen molar-refractivity contribution in [2.45, 2.75) is 26.8 Å². The maximum absolute atomic E-state index is 12.7. The van der Waals surface area contributed by atoms with Gasteiger partial charge in [-0.3, -0.25) is 19.7 Å². The summed E-state index contributed by atoms with van der Waals surface area (Å²) in [5.41, 5.74) is 3.38. The highest BCUT2D eigenvalue weighted by molar-refractivity contribution is 6.09. The molecule has 1 aliphatic heterocycles. The minimum absolute atomic E-state index is 0.0173. The maximum Gasteiger partial charge on any atom is 0.274 e. The number of aryl methyl sites for hydroxylation is 2. The van der Waals surface area contributed by atoms with E-state index in [-0.39, 0.29) is 18.1 Å². The lowest BCUT2D eigenvalue weighted by atomic mass is 10.1. The quantitative estimate of drug-likeness (QED) is 0.500. The summed E-state index contributed by atoms with van der Waals surface area (Å²) in [7, 11) is 0. The zero-order valence-corrected chi connectivity index (χ0v) is 15.3. The SMILES string of the molecule is Cc1ccc(N2CCC(C(=O)NCc3ccccc3[N+](=O)[O-])C2=O)cc1C. The third-order valence-electron chi connectivity index (χ3n) is 4.97. The average Bonchev–Trinajstić information content (AvgIpc) is 3.03. The van der Waals surface area contributed by atoms with Crippen LogP contribution < -0.4 is 10.2 Å². The average molecular weight is 367 g/mol. The zero-order valence-electron chi connectivity index (χ0n) is 15.3. The fourth-order valence-electron chi connectivity index (χ4n) is 3.22. The second-order valence-corrected chi connectivity index (χ2v) is 6.70. The molecule has 1 unspecified atom stereocenters. The Morgan fingerprint density at radius 2 is 1.96 bits per heavy atom. The Morgan fingerprint density at radius 1 is 1.22 bits per heavy atom. The summed E-state index contributed by atoms with van der Waals surface area (Å²) in [5, 5.41) is 13.7. The van der Waals surface area contributed by atoms with Crippen LogP contribution in [0.25, 0.3) is 0 Å². The summed E-state index contributed by atoms with van der Waals surface area (Å²) in [4.78, 5) is 37.4. The van der Waals surface area contributed by atoms with Crippen molar-refractivity contribution in [3.8, 4) is 0 Å². The van der Waals surface area contributed by atoms with Crippen LogP contribution in [0.2, 0.25) is 0 Å². The first-order chi connectivity index (χ1) is 12.9. The van der Waals surface area contributed by atoms with E-state index in [1.54, 1.807) is 23.1 Å². The number of para-hydroxylation sites is 1. The number of benzene rings is 2. The van der Waals surface area contributed by atoms with Crippen LogP contribution in [-0.4, -0.2) is 23.3 Å². The van der Waals surface area contributed by atoms with Crippen molar-refractivity contribution in [1.29, 1.82) is 0 Å². The first kappa shape index (κ1) is 18.6. The van der Waals surface area contributed by atoms with Gasteiger partial charge in [-0.05, 0) is 43.5 Å². The topological polar surface area (TPSA) is 92.6 Å². The van der Waals surface area contributed by atoms with Crippen LogP contribution in [0.3, 0.4) is 0 Å². The number of nitro groups is 1. The fraction of sp³-hybridized carbons (Fsp3) is 0.300. The molecule has 1 N–H and O–H groups in total. The molecule has 7 nitrogen and oxygen atoms in total. The van der Waals surface area contributed by atoms with Gasteiger partial charge in [-0.2, -0.15) is 0 Å². The van der Waals surface area contributed by atoms with Gasteiger partial charge in [0, 0.05) is 30.4 Å². The molecule has 1 aliphatic rings. The highest BCUT2D eigenvalue weighted by Crippen LogP contribution is 2.27. The first-order valence-corrected chi connectivity index (χ1v) is 8.77. The molecule has 0 bridgehead atoms. The maximum atomic E-state index is 12.7. The summed E-state index contributed by atoms with van der Waals surface area (Å²) in [6.07, 6.45) is 0.425. The number of anilines is 1. The number of nitrogens with zero attached hydrogens (tertiary/aromatic N) is 2. The Kier molecular flexibility index (Phi) is 5.21. The lowest BCUT2D eigenvalue weighted by Crippen LogP contribution is -2.36. The van der Waals surface area contributed by atoms with Crippen LogP contribution >= 0.6 is 0 Å². The van der Waals surface area contributed by atoms with Crippen LogP contribution in [-0.2, 0) is 16.1 Å². The molecule has 1 atom stereocenters. The predicted molar refractivity (Wildman–Crippen MR) is 101 cm³/mol. The van der Waals surface area contributed by atoms with Gasteiger partial charge in [-0.25, -0.2) is 0 Å². The molecule has 1 saturated heterocycles. The van der Waals surface area contributed by atoms with Crippen molar-refractivity contribution in [3.63, 3.8) is 0 Å². The van der Waals surface area contributed by atoms with Crippen molar-refractivity contribution in [3.05, 3.63) is 69.3 Å². The van der Waals surface area contributed by atoms with Gasteiger partial charge in [-0.1, -0.05) is 24.3 Å². The van der Waals surface area contributed by atoms with E-state index in [9.17, 15) is 19.7 Å². The molecular formula is C20H21N3O4. The fourth-order valence-corrected chi connectivity index (χ4v) is 3.22. The Balaban J connectivity index is 1.67. The number of carbonyl (C=O) groups is 2. The molecule has 0 spiro atoms. The van der Waals surface area contributed by atoms with Gasteiger partial charge in [-0.15, -0.1) is 0 Å². The van der Waals surface area contributed by atoms with Crippen LogP contribution in [0.4, 0.5) is 11.4 Å². The van der Waals surface area contributed by atoms with E-state index in [0.717, 1.165) is 16.8 Å². The predicted octanol–water partition coefficient (Wildman–Crippen LogP) is 2.88. The Morgan fingerprint density at radius 3 is 2.67 bits per heavy atom. The molecule has 2 aromatic rings. The third kappa shape index (κ3) is 3.81. The summed E-state index contributed by atoms with van der Waals surface area (Å²) < 4.78 is 0. The molecule has 7 heteroatoms. The first-order valence-electron chi connectivity index (χ1n) is 8.77. The summed E-state index contributed by atoms with van der Waals surface area (Å²) in [6, 6.07) is 12.0. The lowest BCUT2D eigenvalue weighted by Gasteiger charge is -2.18. The molecule has 0 saturated carbocycles. The van der Waals surface area contributed by atoms with E-state index < -0.39 is 16.7 Å². The Labute approximate surface area is 157 Å². The molecule has 2 amide bonds. The lowest BCUT2D eigenvalue weighted by molar-refractivity contribution is -0.385. The van der Waals surface area contributed by atoms with Gasteiger partial charge in [0.2, 0.25) is 11.8 Å². The number of rotatable bonds is 5. The van der Waals surface area contributed by atoms with Crippen LogP contribution in [0.5, 0.6) is 0 Å². The molecule has 27 heavy (non-hydrogen) atoms. The van der Waals surface area contributed by atoms with Crippen LogP contribution in [0, 0.1) is 29.9 Å². The normalized spacial score (nSPS) is 16.4. The number of nitrogens with one attached hydrogen (secondary N) is 1. The number of nitro benzene ring substituents is 1. The minimum Gasteiger partial charge on any atom is -0.351 e. The largest absolute Gasteiger partial charge is 0.351 e. The Bertz CT molecular complexity index is 910. The third-order valence-corrected chi connectivity index (χ3v) is 4.97. The van der Waals surface area contributed by atoms with Crippen LogP contribution in [0.1, 0.15) is 23.1 Å². The highest BCUT2D eigenvalue weighted by Gasteiger charge is 2.37. The molecule has 1 heterocycles. The van der Waals surface area contributed by atoms with E-state index in [0.29, 0.717) is 18.5 Å². The molecule has 0 radical (unpaired) electrons. The minimum atomic E-state index is -0.769. The molecule has 1 fully saturated rings. The second kappa shape index (κ2) is 7.57. The molecule has 3 rings (SSSR count). The summed E-state index contributed by atoms with van der Waals surface area (Å²) >= 11 is 0. The molecule has 0 aliphatic carbocycles. The molecular weight excluding hydrogens is 346 g/mol. The van der Waals surface area contributed by atoms with Crippen molar-refractivity contribution in [2.75, 3.05) is 11.4 Å².